The SMILES string of the molecule is CC1CNCC1C(=O)Cc1ccc(Cl)cc1. The molecule has 0 spiro atoms. The third kappa shape index (κ3) is 2.63. The van der Waals surface area contributed by atoms with Gasteiger partial charge in [-0.05, 0) is 30.2 Å². The van der Waals surface area contributed by atoms with Gasteiger partial charge in [0.2, 0.25) is 0 Å². The Morgan fingerprint density at radius 2 is 2.06 bits per heavy atom. The zero-order valence-electron chi connectivity index (χ0n) is 9.37. The molecule has 2 unspecified atom stereocenters. The van der Waals surface area contributed by atoms with E-state index in [1.807, 2.05) is 24.3 Å². The second-order valence-electron chi connectivity index (χ2n) is 4.51. The Balaban J connectivity index is 1.99. The van der Waals surface area contributed by atoms with Crippen molar-refractivity contribution in [3.05, 3.63) is 34.9 Å². The Kier molecular flexibility index (Phi) is 3.62. The number of hydrogen-bond donors (Lipinski definition) is 1. The Labute approximate surface area is 101 Å². The second kappa shape index (κ2) is 4.98. The van der Waals surface area contributed by atoms with Crippen molar-refractivity contribution in [2.24, 2.45) is 11.8 Å². The van der Waals surface area contributed by atoms with Gasteiger partial charge in [-0.15, -0.1) is 0 Å². The first-order valence-electron chi connectivity index (χ1n) is 5.64. The number of carbonyl (C=O) groups is 1. The summed E-state index contributed by atoms with van der Waals surface area (Å²) in [5.74, 6) is 0.968. The van der Waals surface area contributed by atoms with Gasteiger partial charge in [0.15, 0.2) is 0 Å². The number of hydrogen-bond acceptors (Lipinski definition) is 2. The lowest BCUT2D eigenvalue weighted by Crippen LogP contribution is -2.23. The fourth-order valence-corrected chi connectivity index (χ4v) is 2.30. The number of halogens is 1. The summed E-state index contributed by atoms with van der Waals surface area (Å²) < 4.78 is 0. The molecular formula is C13H16ClNO. The Bertz CT molecular complexity index is 374. The van der Waals surface area contributed by atoms with Gasteiger partial charge in [0.25, 0.3) is 0 Å². The lowest BCUT2D eigenvalue weighted by Gasteiger charge is -2.12. The van der Waals surface area contributed by atoms with Gasteiger partial charge in [0, 0.05) is 23.9 Å². The van der Waals surface area contributed by atoms with Crippen molar-refractivity contribution >= 4 is 17.4 Å². The highest BCUT2D eigenvalue weighted by atomic mass is 35.5. The van der Waals surface area contributed by atoms with Gasteiger partial charge in [0.05, 0.1) is 0 Å². The molecule has 0 aliphatic carbocycles. The number of ketones is 1. The van der Waals surface area contributed by atoms with Gasteiger partial charge in [0.1, 0.15) is 5.78 Å². The Hall–Kier alpha value is -0.860. The van der Waals surface area contributed by atoms with Crippen LogP contribution in [0.2, 0.25) is 5.02 Å². The summed E-state index contributed by atoms with van der Waals surface area (Å²) in [6.45, 7) is 3.91. The van der Waals surface area contributed by atoms with Crippen LogP contribution in [0.15, 0.2) is 24.3 Å². The minimum atomic E-state index is 0.177. The number of nitrogens with one attached hydrogen (secondary N) is 1. The first-order valence-corrected chi connectivity index (χ1v) is 6.02. The molecule has 0 amide bonds. The van der Waals surface area contributed by atoms with Crippen LogP contribution in [-0.4, -0.2) is 18.9 Å². The first kappa shape index (κ1) is 11.6. The molecule has 1 aromatic carbocycles. The average Bonchev–Trinajstić information content (AvgIpc) is 2.68. The molecule has 0 radical (unpaired) electrons. The van der Waals surface area contributed by atoms with Crippen molar-refractivity contribution in [2.45, 2.75) is 13.3 Å². The summed E-state index contributed by atoms with van der Waals surface area (Å²) in [6, 6.07) is 7.52. The van der Waals surface area contributed by atoms with Crippen molar-refractivity contribution in [2.75, 3.05) is 13.1 Å². The van der Waals surface area contributed by atoms with Crippen LogP contribution in [-0.2, 0) is 11.2 Å². The van der Waals surface area contributed by atoms with E-state index in [4.69, 9.17) is 11.6 Å². The molecule has 2 atom stereocenters. The summed E-state index contributed by atoms with van der Waals surface area (Å²) >= 11 is 5.80. The van der Waals surface area contributed by atoms with E-state index < -0.39 is 0 Å². The largest absolute Gasteiger partial charge is 0.316 e. The maximum absolute atomic E-state index is 12.0. The first-order chi connectivity index (χ1) is 7.66. The van der Waals surface area contributed by atoms with Crippen molar-refractivity contribution in [1.29, 1.82) is 0 Å². The molecule has 0 aromatic heterocycles. The third-order valence-corrected chi connectivity index (χ3v) is 3.47. The minimum absolute atomic E-state index is 0.177. The maximum Gasteiger partial charge on any atom is 0.141 e. The van der Waals surface area contributed by atoms with Crippen LogP contribution in [0.25, 0.3) is 0 Å². The van der Waals surface area contributed by atoms with Crippen LogP contribution in [0.5, 0.6) is 0 Å². The van der Waals surface area contributed by atoms with Gasteiger partial charge in [-0.25, -0.2) is 0 Å². The zero-order chi connectivity index (χ0) is 11.5. The molecule has 2 rings (SSSR count). The molecule has 1 aliphatic rings. The van der Waals surface area contributed by atoms with E-state index in [-0.39, 0.29) is 5.92 Å². The summed E-state index contributed by atoms with van der Waals surface area (Å²) in [5, 5.41) is 3.97. The van der Waals surface area contributed by atoms with Crippen LogP contribution in [0.4, 0.5) is 0 Å². The molecule has 0 bridgehead atoms. The van der Waals surface area contributed by atoms with Crippen molar-refractivity contribution < 1.29 is 4.79 Å². The number of carbonyl (C=O) groups excluding carboxylic acids is 1. The predicted octanol–water partition coefficient (Wildman–Crippen LogP) is 2.31. The lowest BCUT2D eigenvalue weighted by molar-refractivity contribution is -0.122. The molecule has 0 saturated carbocycles. The fourth-order valence-electron chi connectivity index (χ4n) is 2.18. The van der Waals surface area contributed by atoms with Gasteiger partial charge in [-0.2, -0.15) is 0 Å². The van der Waals surface area contributed by atoms with Crippen LogP contribution < -0.4 is 5.32 Å². The van der Waals surface area contributed by atoms with Crippen LogP contribution in [0.1, 0.15) is 12.5 Å². The molecular weight excluding hydrogens is 222 g/mol. The van der Waals surface area contributed by atoms with E-state index in [0.29, 0.717) is 23.1 Å². The quantitative estimate of drug-likeness (QED) is 0.874. The zero-order valence-corrected chi connectivity index (χ0v) is 10.1. The Morgan fingerprint density at radius 1 is 1.38 bits per heavy atom. The van der Waals surface area contributed by atoms with Crippen molar-refractivity contribution in [1.82, 2.24) is 5.32 Å². The number of benzene rings is 1. The summed E-state index contributed by atoms with van der Waals surface area (Å²) in [4.78, 5) is 12.0. The van der Waals surface area contributed by atoms with E-state index in [1.165, 1.54) is 0 Å². The highest BCUT2D eigenvalue weighted by molar-refractivity contribution is 6.30. The topological polar surface area (TPSA) is 29.1 Å². The Morgan fingerprint density at radius 3 is 2.62 bits per heavy atom. The normalized spacial score (nSPS) is 24.6. The smallest absolute Gasteiger partial charge is 0.141 e. The molecule has 1 aliphatic heterocycles. The predicted molar refractivity (Wildman–Crippen MR) is 65.7 cm³/mol. The van der Waals surface area contributed by atoms with E-state index in [2.05, 4.69) is 12.2 Å². The molecule has 1 N–H and O–H groups in total. The summed E-state index contributed by atoms with van der Waals surface area (Å²) in [6.07, 6.45) is 0.522. The van der Waals surface area contributed by atoms with Gasteiger partial charge in [-0.1, -0.05) is 30.7 Å². The lowest BCUT2D eigenvalue weighted by atomic mass is 9.90. The highest BCUT2D eigenvalue weighted by Crippen LogP contribution is 2.19. The molecule has 1 heterocycles. The number of Topliss-reactive ketones (excluding diaryl/α,β-unsaturated/α-hetero) is 1. The fraction of sp³-hybridized carbons (Fsp3) is 0.462. The van der Waals surface area contributed by atoms with E-state index in [0.717, 1.165) is 18.7 Å². The summed E-state index contributed by atoms with van der Waals surface area (Å²) in [5.41, 5.74) is 1.05. The van der Waals surface area contributed by atoms with Crippen molar-refractivity contribution in [3.8, 4) is 0 Å². The maximum atomic E-state index is 12.0. The molecule has 1 fully saturated rings. The second-order valence-corrected chi connectivity index (χ2v) is 4.95. The summed E-state index contributed by atoms with van der Waals surface area (Å²) in [7, 11) is 0. The van der Waals surface area contributed by atoms with Crippen molar-refractivity contribution in [3.63, 3.8) is 0 Å². The van der Waals surface area contributed by atoms with Crippen LogP contribution in [0, 0.1) is 11.8 Å². The molecule has 16 heavy (non-hydrogen) atoms. The monoisotopic (exact) mass is 237 g/mol. The van der Waals surface area contributed by atoms with Crippen LogP contribution >= 0.6 is 11.6 Å². The van der Waals surface area contributed by atoms with Gasteiger partial charge < -0.3 is 5.32 Å². The minimum Gasteiger partial charge on any atom is -0.316 e. The highest BCUT2D eigenvalue weighted by Gasteiger charge is 2.28. The average molecular weight is 238 g/mol. The third-order valence-electron chi connectivity index (χ3n) is 3.22. The standard InChI is InChI=1S/C13H16ClNO/c1-9-7-15-8-12(9)13(16)6-10-2-4-11(14)5-3-10/h2-5,9,12,15H,6-8H2,1H3. The van der Waals surface area contributed by atoms with Crippen LogP contribution in [0.3, 0.4) is 0 Å². The molecule has 1 saturated heterocycles. The van der Waals surface area contributed by atoms with E-state index in [1.54, 1.807) is 0 Å². The number of rotatable bonds is 3. The van der Waals surface area contributed by atoms with E-state index in [9.17, 15) is 4.79 Å². The van der Waals surface area contributed by atoms with E-state index >= 15 is 0 Å². The molecule has 2 nitrogen and oxygen atoms in total. The van der Waals surface area contributed by atoms with Gasteiger partial charge in [-0.3, -0.25) is 4.79 Å². The van der Waals surface area contributed by atoms with Gasteiger partial charge >= 0.3 is 0 Å². The molecule has 3 heteroatoms. The molecule has 1 aromatic rings. The molecule has 86 valence electrons.